The largest absolute Gasteiger partial charge is 0.352 e. The SMILES string of the molecule is Cn1cc(-c2noc(-c3c[nH]c(C#N)c3)n2)cn1. The van der Waals surface area contributed by atoms with Crippen molar-refractivity contribution in [2.75, 3.05) is 0 Å². The van der Waals surface area contributed by atoms with Gasteiger partial charge in [-0.1, -0.05) is 5.16 Å². The maximum Gasteiger partial charge on any atom is 0.259 e. The van der Waals surface area contributed by atoms with Crippen molar-refractivity contribution in [2.24, 2.45) is 7.05 Å². The number of rotatable bonds is 2. The second kappa shape index (κ2) is 3.85. The third-order valence-corrected chi connectivity index (χ3v) is 2.44. The van der Waals surface area contributed by atoms with Crippen LogP contribution >= 0.6 is 0 Å². The summed E-state index contributed by atoms with van der Waals surface area (Å²) in [5, 5.41) is 16.6. The number of hydrogen-bond acceptors (Lipinski definition) is 5. The van der Waals surface area contributed by atoms with Crippen molar-refractivity contribution in [1.82, 2.24) is 24.9 Å². The number of aryl methyl sites for hydroxylation is 1. The van der Waals surface area contributed by atoms with Gasteiger partial charge in [0.25, 0.3) is 5.89 Å². The molecule has 7 nitrogen and oxygen atoms in total. The molecular weight excluding hydrogens is 232 g/mol. The van der Waals surface area contributed by atoms with E-state index < -0.39 is 0 Å². The molecular formula is C11H8N6O. The van der Waals surface area contributed by atoms with Gasteiger partial charge < -0.3 is 9.51 Å². The van der Waals surface area contributed by atoms with Gasteiger partial charge in [-0.2, -0.15) is 15.3 Å². The van der Waals surface area contributed by atoms with E-state index in [4.69, 9.17) is 9.78 Å². The van der Waals surface area contributed by atoms with Gasteiger partial charge in [-0.25, -0.2) is 0 Å². The van der Waals surface area contributed by atoms with Crippen LogP contribution in [-0.4, -0.2) is 24.9 Å². The lowest BCUT2D eigenvalue weighted by molar-refractivity contribution is 0.432. The van der Waals surface area contributed by atoms with E-state index in [0.29, 0.717) is 23.0 Å². The number of nitrogens with zero attached hydrogens (tertiary/aromatic N) is 5. The van der Waals surface area contributed by atoms with Crippen molar-refractivity contribution < 1.29 is 4.52 Å². The Bertz CT molecular complexity index is 729. The minimum Gasteiger partial charge on any atom is -0.352 e. The van der Waals surface area contributed by atoms with Crippen LogP contribution in [0.4, 0.5) is 0 Å². The lowest BCUT2D eigenvalue weighted by atomic mass is 10.3. The summed E-state index contributed by atoms with van der Waals surface area (Å²) in [6.07, 6.45) is 5.11. The van der Waals surface area contributed by atoms with E-state index in [-0.39, 0.29) is 0 Å². The van der Waals surface area contributed by atoms with Crippen LogP contribution in [0.5, 0.6) is 0 Å². The molecule has 0 aliphatic heterocycles. The Morgan fingerprint density at radius 3 is 3.00 bits per heavy atom. The van der Waals surface area contributed by atoms with Crippen molar-refractivity contribution in [3.8, 4) is 28.9 Å². The average molecular weight is 240 g/mol. The Morgan fingerprint density at radius 2 is 2.33 bits per heavy atom. The van der Waals surface area contributed by atoms with Gasteiger partial charge in [-0.3, -0.25) is 4.68 Å². The third kappa shape index (κ3) is 1.66. The van der Waals surface area contributed by atoms with Gasteiger partial charge in [0, 0.05) is 19.4 Å². The summed E-state index contributed by atoms with van der Waals surface area (Å²) in [6.45, 7) is 0. The molecule has 0 aromatic carbocycles. The Balaban J connectivity index is 1.96. The molecule has 0 atom stereocenters. The number of H-pyrrole nitrogens is 1. The van der Waals surface area contributed by atoms with E-state index in [1.54, 1.807) is 29.3 Å². The second-order valence-electron chi connectivity index (χ2n) is 3.74. The van der Waals surface area contributed by atoms with E-state index in [1.807, 2.05) is 13.1 Å². The maximum atomic E-state index is 8.72. The Kier molecular flexibility index (Phi) is 2.20. The van der Waals surface area contributed by atoms with Gasteiger partial charge in [0.15, 0.2) is 0 Å². The molecule has 0 aliphatic rings. The molecule has 0 spiro atoms. The fourth-order valence-electron chi connectivity index (χ4n) is 1.58. The van der Waals surface area contributed by atoms with Gasteiger partial charge in [-0.05, 0) is 6.07 Å². The Labute approximate surface area is 102 Å². The molecule has 0 fully saturated rings. The molecule has 0 unspecified atom stereocenters. The van der Waals surface area contributed by atoms with E-state index in [2.05, 4.69) is 20.2 Å². The van der Waals surface area contributed by atoms with Crippen molar-refractivity contribution in [3.63, 3.8) is 0 Å². The topological polar surface area (TPSA) is 96.3 Å². The van der Waals surface area contributed by atoms with Gasteiger partial charge in [-0.15, -0.1) is 0 Å². The Morgan fingerprint density at radius 1 is 1.44 bits per heavy atom. The zero-order valence-electron chi connectivity index (χ0n) is 9.45. The molecule has 3 aromatic rings. The molecule has 3 heterocycles. The molecule has 0 amide bonds. The fourth-order valence-corrected chi connectivity index (χ4v) is 1.58. The van der Waals surface area contributed by atoms with Crippen LogP contribution in [0, 0.1) is 11.3 Å². The first-order valence-electron chi connectivity index (χ1n) is 5.18. The van der Waals surface area contributed by atoms with E-state index in [0.717, 1.165) is 5.56 Å². The quantitative estimate of drug-likeness (QED) is 0.729. The molecule has 1 N–H and O–H groups in total. The molecule has 0 aliphatic carbocycles. The third-order valence-electron chi connectivity index (χ3n) is 2.44. The lowest BCUT2D eigenvalue weighted by Crippen LogP contribution is -1.84. The number of aromatic nitrogens is 5. The molecule has 88 valence electrons. The predicted octanol–water partition coefficient (Wildman–Crippen LogP) is 1.34. The summed E-state index contributed by atoms with van der Waals surface area (Å²) in [6, 6.07) is 3.65. The molecule has 0 saturated heterocycles. The smallest absolute Gasteiger partial charge is 0.259 e. The van der Waals surface area contributed by atoms with E-state index in [9.17, 15) is 0 Å². The normalized spacial score (nSPS) is 10.4. The summed E-state index contributed by atoms with van der Waals surface area (Å²) < 4.78 is 6.81. The summed E-state index contributed by atoms with van der Waals surface area (Å²) in [5.74, 6) is 0.837. The molecule has 0 bridgehead atoms. The highest BCUT2D eigenvalue weighted by Crippen LogP contribution is 2.22. The number of nitriles is 1. The summed E-state index contributed by atoms with van der Waals surface area (Å²) in [7, 11) is 1.82. The lowest BCUT2D eigenvalue weighted by Gasteiger charge is -1.84. The molecule has 18 heavy (non-hydrogen) atoms. The van der Waals surface area contributed by atoms with Crippen LogP contribution in [0.25, 0.3) is 22.8 Å². The molecule has 0 saturated carbocycles. The van der Waals surface area contributed by atoms with Crippen LogP contribution in [0.1, 0.15) is 5.69 Å². The van der Waals surface area contributed by atoms with Gasteiger partial charge in [0.1, 0.15) is 11.8 Å². The first-order valence-corrected chi connectivity index (χ1v) is 5.18. The minimum absolute atomic E-state index is 0.367. The van der Waals surface area contributed by atoms with Crippen molar-refractivity contribution in [2.45, 2.75) is 0 Å². The Hall–Kier alpha value is -2.88. The fraction of sp³-hybridized carbons (Fsp3) is 0.0909. The highest BCUT2D eigenvalue weighted by Gasteiger charge is 2.13. The zero-order chi connectivity index (χ0) is 12.5. The van der Waals surface area contributed by atoms with Gasteiger partial charge in [0.05, 0.1) is 17.3 Å². The first-order chi connectivity index (χ1) is 8.76. The van der Waals surface area contributed by atoms with Crippen LogP contribution in [0.2, 0.25) is 0 Å². The van der Waals surface area contributed by atoms with Crippen LogP contribution in [0.3, 0.4) is 0 Å². The van der Waals surface area contributed by atoms with E-state index in [1.165, 1.54) is 0 Å². The van der Waals surface area contributed by atoms with Crippen LogP contribution in [0.15, 0.2) is 29.2 Å². The minimum atomic E-state index is 0.367. The monoisotopic (exact) mass is 240 g/mol. The second-order valence-corrected chi connectivity index (χ2v) is 3.74. The highest BCUT2D eigenvalue weighted by atomic mass is 16.5. The standard InChI is InChI=1S/C11H8N6O/c1-17-6-8(5-14-17)10-15-11(18-16-10)7-2-9(3-12)13-4-7/h2,4-6,13H,1H3. The molecule has 3 aromatic heterocycles. The molecule has 3 rings (SSSR count). The van der Waals surface area contributed by atoms with E-state index >= 15 is 0 Å². The zero-order valence-corrected chi connectivity index (χ0v) is 9.45. The average Bonchev–Trinajstić information content (AvgIpc) is 3.07. The van der Waals surface area contributed by atoms with Crippen molar-refractivity contribution in [1.29, 1.82) is 5.26 Å². The van der Waals surface area contributed by atoms with Crippen LogP contribution < -0.4 is 0 Å². The van der Waals surface area contributed by atoms with Crippen LogP contribution in [-0.2, 0) is 7.05 Å². The molecule has 0 radical (unpaired) electrons. The van der Waals surface area contributed by atoms with Gasteiger partial charge >= 0.3 is 0 Å². The highest BCUT2D eigenvalue weighted by molar-refractivity contribution is 5.59. The van der Waals surface area contributed by atoms with Gasteiger partial charge in [0.2, 0.25) is 5.82 Å². The van der Waals surface area contributed by atoms with Crippen molar-refractivity contribution in [3.05, 3.63) is 30.4 Å². The first kappa shape index (κ1) is 10.3. The predicted molar refractivity (Wildman–Crippen MR) is 61.0 cm³/mol. The van der Waals surface area contributed by atoms with Crippen molar-refractivity contribution >= 4 is 0 Å². The summed E-state index contributed by atoms with van der Waals surface area (Å²) >= 11 is 0. The number of nitrogens with one attached hydrogen (secondary N) is 1. The summed E-state index contributed by atoms with van der Waals surface area (Å²) in [5.41, 5.74) is 1.92. The maximum absolute atomic E-state index is 8.72. The molecule has 7 heteroatoms. The number of hydrogen-bond donors (Lipinski definition) is 1. The number of aromatic amines is 1. The summed E-state index contributed by atoms with van der Waals surface area (Å²) in [4.78, 5) is 7.05.